The van der Waals surface area contributed by atoms with Crippen molar-refractivity contribution in [2.45, 2.75) is 26.5 Å². The molecule has 0 fully saturated rings. The molecule has 3 aromatic rings. The van der Waals surface area contributed by atoms with Crippen LogP contribution in [0.5, 0.6) is 11.5 Å². The zero-order valence-corrected chi connectivity index (χ0v) is 15.1. The van der Waals surface area contributed by atoms with Crippen LogP contribution in [-0.4, -0.2) is 30.0 Å². The van der Waals surface area contributed by atoms with E-state index in [2.05, 4.69) is 15.1 Å². The van der Waals surface area contributed by atoms with Gasteiger partial charge in [-0.1, -0.05) is 17.7 Å². The highest BCUT2D eigenvalue weighted by atomic mass is 16.5. The van der Waals surface area contributed by atoms with Crippen molar-refractivity contribution >= 4 is 5.69 Å². The lowest BCUT2D eigenvalue weighted by molar-refractivity contribution is 0.210. The van der Waals surface area contributed by atoms with E-state index in [1.807, 2.05) is 56.3 Å². The van der Waals surface area contributed by atoms with Crippen LogP contribution in [0.1, 0.15) is 18.4 Å². The molecule has 2 aromatic carbocycles. The molecule has 0 N–H and O–H groups in total. The number of hydrogen-bond donors (Lipinski definition) is 0. The Hall–Kier alpha value is -3.02. The molecule has 0 unspecified atom stereocenters. The predicted octanol–water partition coefficient (Wildman–Crippen LogP) is 3.84. The topological polar surface area (TPSA) is 60.6 Å². The lowest BCUT2D eigenvalue weighted by atomic mass is 10.1. The molecule has 0 saturated carbocycles. The first-order valence-corrected chi connectivity index (χ1v) is 8.61. The molecular formula is C20H21N3O3. The molecule has 2 heterocycles. The molecule has 6 heteroatoms. The number of ether oxygens (including phenoxy) is 2. The van der Waals surface area contributed by atoms with Gasteiger partial charge in [0.1, 0.15) is 17.6 Å². The smallest absolute Gasteiger partial charge is 0.247 e. The Balaban J connectivity index is 1.59. The van der Waals surface area contributed by atoms with Gasteiger partial charge in [0.2, 0.25) is 11.8 Å². The second kappa shape index (κ2) is 6.71. The van der Waals surface area contributed by atoms with Crippen LogP contribution in [0, 0.1) is 6.92 Å². The maximum absolute atomic E-state index is 5.92. The van der Waals surface area contributed by atoms with Crippen molar-refractivity contribution in [1.82, 2.24) is 10.2 Å². The molecule has 0 spiro atoms. The largest absolute Gasteiger partial charge is 0.497 e. The molecular weight excluding hydrogens is 330 g/mol. The van der Waals surface area contributed by atoms with Crippen LogP contribution in [0.15, 0.2) is 46.9 Å². The first kappa shape index (κ1) is 16.4. The molecule has 1 aliphatic rings. The van der Waals surface area contributed by atoms with Crippen LogP contribution >= 0.6 is 0 Å². The van der Waals surface area contributed by atoms with E-state index in [1.54, 1.807) is 7.11 Å². The summed E-state index contributed by atoms with van der Waals surface area (Å²) in [6.45, 7) is 5.36. The molecule has 0 amide bonds. The average molecular weight is 351 g/mol. The van der Waals surface area contributed by atoms with Gasteiger partial charge in [0.15, 0.2) is 0 Å². The summed E-state index contributed by atoms with van der Waals surface area (Å²) in [6, 6.07) is 13.8. The number of nitrogens with zero attached hydrogens (tertiary/aromatic N) is 3. The zero-order chi connectivity index (χ0) is 18.1. The van der Waals surface area contributed by atoms with E-state index < -0.39 is 0 Å². The quantitative estimate of drug-likeness (QED) is 0.712. The van der Waals surface area contributed by atoms with E-state index in [1.165, 1.54) is 5.56 Å². The number of rotatable bonds is 4. The normalized spacial score (nSPS) is 16.1. The van der Waals surface area contributed by atoms with Gasteiger partial charge >= 0.3 is 0 Å². The van der Waals surface area contributed by atoms with Gasteiger partial charge in [0.25, 0.3) is 0 Å². The summed E-state index contributed by atoms with van der Waals surface area (Å²) in [5.74, 6) is 2.73. The van der Waals surface area contributed by atoms with E-state index in [0.717, 1.165) is 29.3 Å². The summed E-state index contributed by atoms with van der Waals surface area (Å²) >= 11 is 0. The first-order valence-electron chi connectivity index (χ1n) is 8.61. The van der Waals surface area contributed by atoms with E-state index in [0.29, 0.717) is 18.3 Å². The highest BCUT2D eigenvalue weighted by Crippen LogP contribution is 2.37. The van der Waals surface area contributed by atoms with E-state index in [9.17, 15) is 0 Å². The Bertz CT molecular complexity index is 905. The third kappa shape index (κ3) is 3.22. The Morgan fingerprint density at radius 1 is 1.15 bits per heavy atom. The summed E-state index contributed by atoms with van der Waals surface area (Å²) < 4.78 is 17.1. The number of anilines is 1. The third-order valence-corrected chi connectivity index (χ3v) is 4.40. The molecule has 0 aliphatic carbocycles. The number of aryl methyl sites for hydroxylation is 1. The first-order chi connectivity index (χ1) is 12.6. The van der Waals surface area contributed by atoms with Crippen molar-refractivity contribution < 1.29 is 13.9 Å². The van der Waals surface area contributed by atoms with Crippen molar-refractivity contribution in [2.75, 3.05) is 18.6 Å². The Morgan fingerprint density at radius 3 is 2.73 bits per heavy atom. The molecule has 134 valence electrons. The van der Waals surface area contributed by atoms with Gasteiger partial charge in [0.05, 0.1) is 25.9 Å². The van der Waals surface area contributed by atoms with Crippen molar-refractivity contribution in [3.63, 3.8) is 0 Å². The fourth-order valence-corrected chi connectivity index (χ4v) is 3.08. The molecule has 26 heavy (non-hydrogen) atoms. The molecule has 0 bridgehead atoms. The van der Waals surface area contributed by atoms with Crippen LogP contribution in [0.25, 0.3) is 11.5 Å². The van der Waals surface area contributed by atoms with Gasteiger partial charge in [0, 0.05) is 11.6 Å². The highest BCUT2D eigenvalue weighted by molar-refractivity contribution is 5.63. The van der Waals surface area contributed by atoms with Crippen LogP contribution < -0.4 is 14.4 Å². The Labute approximate surface area is 152 Å². The second-order valence-electron chi connectivity index (χ2n) is 6.51. The standard InChI is InChI=1S/C20H21N3O3/c1-13-4-6-15(7-5-13)20-22-21-19(26-20)12-23-11-14(2)25-18-9-8-16(24-3)10-17(18)23/h4-10,14H,11-12H2,1-3H3/t14-/m0/s1. The lowest BCUT2D eigenvalue weighted by Crippen LogP contribution is -2.38. The number of benzene rings is 2. The number of fused-ring (bicyclic) bond motifs is 1. The molecule has 1 aliphatic heterocycles. The fraction of sp³-hybridized carbons (Fsp3) is 0.300. The molecule has 1 atom stereocenters. The summed E-state index contributed by atoms with van der Waals surface area (Å²) in [7, 11) is 1.66. The number of aromatic nitrogens is 2. The summed E-state index contributed by atoms with van der Waals surface area (Å²) in [5, 5.41) is 8.41. The van der Waals surface area contributed by atoms with Crippen LogP contribution in [0.4, 0.5) is 5.69 Å². The summed E-state index contributed by atoms with van der Waals surface area (Å²) in [6.07, 6.45) is 0.0791. The molecule has 0 radical (unpaired) electrons. The van der Waals surface area contributed by atoms with E-state index in [4.69, 9.17) is 13.9 Å². The fourth-order valence-electron chi connectivity index (χ4n) is 3.08. The van der Waals surface area contributed by atoms with Crippen molar-refractivity contribution in [2.24, 2.45) is 0 Å². The minimum absolute atomic E-state index is 0.0791. The van der Waals surface area contributed by atoms with Crippen LogP contribution in [0.3, 0.4) is 0 Å². The third-order valence-electron chi connectivity index (χ3n) is 4.40. The number of methoxy groups -OCH3 is 1. The van der Waals surface area contributed by atoms with Gasteiger partial charge in [-0.15, -0.1) is 10.2 Å². The lowest BCUT2D eigenvalue weighted by Gasteiger charge is -2.34. The van der Waals surface area contributed by atoms with Gasteiger partial charge < -0.3 is 18.8 Å². The van der Waals surface area contributed by atoms with Gasteiger partial charge in [-0.3, -0.25) is 0 Å². The van der Waals surface area contributed by atoms with Gasteiger partial charge in [-0.25, -0.2) is 0 Å². The zero-order valence-electron chi connectivity index (χ0n) is 15.1. The minimum atomic E-state index is 0.0791. The van der Waals surface area contributed by atoms with Crippen molar-refractivity contribution in [3.8, 4) is 23.0 Å². The predicted molar refractivity (Wildman–Crippen MR) is 98.6 cm³/mol. The minimum Gasteiger partial charge on any atom is -0.497 e. The van der Waals surface area contributed by atoms with Gasteiger partial charge in [-0.05, 0) is 38.1 Å². The molecule has 1 aromatic heterocycles. The molecule has 6 nitrogen and oxygen atoms in total. The van der Waals surface area contributed by atoms with Crippen molar-refractivity contribution in [1.29, 1.82) is 0 Å². The van der Waals surface area contributed by atoms with E-state index >= 15 is 0 Å². The van der Waals surface area contributed by atoms with Gasteiger partial charge in [-0.2, -0.15) is 0 Å². The SMILES string of the molecule is COc1ccc2c(c1)N(Cc1nnc(-c3ccc(C)cc3)o1)C[C@H](C)O2. The average Bonchev–Trinajstić information content (AvgIpc) is 3.10. The maximum atomic E-state index is 5.92. The van der Waals surface area contributed by atoms with Crippen LogP contribution in [-0.2, 0) is 6.54 Å². The summed E-state index contributed by atoms with van der Waals surface area (Å²) in [4.78, 5) is 2.18. The molecule has 4 rings (SSSR count). The van der Waals surface area contributed by atoms with Crippen molar-refractivity contribution in [3.05, 3.63) is 53.9 Å². The Kier molecular flexibility index (Phi) is 4.24. The van der Waals surface area contributed by atoms with E-state index in [-0.39, 0.29) is 6.10 Å². The monoisotopic (exact) mass is 351 g/mol. The van der Waals surface area contributed by atoms with Crippen LogP contribution in [0.2, 0.25) is 0 Å². The number of hydrogen-bond acceptors (Lipinski definition) is 6. The Morgan fingerprint density at radius 2 is 1.96 bits per heavy atom. The summed E-state index contributed by atoms with van der Waals surface area (Å²) in [5.41, 5.74) is 3.09. The second-order valence-corrected chi connectivity index (χ2v) is 6.51. The highest BCUT2D eigenvalue weighted by Gasteiger charge is 2.25. The molecule has 0 saturated heterocycles. The maximum Gasteiger partial charge on any atom is 0.247 e.